The van der Waals surface area contributed by atoms with E-state index in [4.69, 9.17) is 4.52 Å². The molecule has 2 aromatic carbocycles. The summed E-state index contributed by atoms with van der Waals surface area (Å²) in [7, 11) is 0. The van der Waals surface area contributed by atoms with Crippen molar-refractivity contribution in [2.24, 2.45) is 0 Å². The molecule has 25 heavy (non-hydrogen) atoms. The van der Waals surface area contributed by atoms with Gasteiger partial charge in [-0.15, -0.1) is 0 Å². The molecular formula is C19H14N4O2. The van der Waals surface area contributed by atoms with Crippen molar-refractivity contribution in [3.8, 4) is 11.5 Å². The minimum absolute atomic E-state index is 0.243. The number of benzene rings is 2. The van der Waals surface area contributed by atoms with E-state index in [-0.39, 0.29) is 5.91 Å². The van der Waals surface area contributed by atoms with Crippen LogP contribution in [0.2, 0.25) is 0 Å². The van der Waals surface area contributed by atoms with Gasteiger partial charge < -0.3 is 9.84 Å². The summed E-state index contributed by atoms with van der Waals surface area (Å²) in [6.45, 7) is 1.75. The number of para-hydroxylation sites is 2. The lowest BCUT2D eigenvalue weighted by Crippen LogP contribution is -2.13. The molecule has 2 heterocycles. The third-order valence-corrected chi connectivity index (χ3v) is 3.81. The summed E-state index contributed by atoms with van der Waals surface area (Å²) < 4.78 is 5.22. The Kier molecular flexibility index (Phi) is 3.70. The van der Waals surface area contributed by atoms with E-state index in [0.29, 0.717) is 34.0 Å². The number of carbonyl (C=O) groups is 1. The largest absolute Gasteiger partial charge is 0.334 e. The molecule has 6 heteroatoms. The number of pyridine rings is 1. The van der Waals surface area contributed by atoms with E-state index in [1.807, 2.05) is 42.5 Å². The van der Waals surface area contributed by atoms with Crippen molar-refractivity contribution in [3.63, 3.8) is 0 Å². The van der Waals surface area contributed by atoms with Crippen LogP contribution in [0.4, 0.5) is 5.69 Å². The Hall–Kier alpha value is -3.54. The summed E-state index contributed by atoms with van der Waals surface area (Å²) in [6.07, 6.45) is 1.67. The molecular weight excluding hydrogens is 316 g/mol. The first kappa shape index (κ1) is 15.0. The van der Waals surface area contributed by atoms with E-state index >= 15 is 0 Å². The fourth-order valence-electron chi connectivity index (χ4n) is 2.66. The maximum absolute atomic E-state index is 12.8. The second-order valence-corrected chi connectivity index (χ2v) is 5.53. The van der Waals surface area contributed by atoms with Crippen LogP contribution in [0, 0.1) is 6.92 Å². The second kappa shape index (κ2) is 6.16. The molecule has 0 saturated carbocycles. The summed E-state index contributed by atoms with van der Waals surface area (Å²) in [6, 6.07) is 16.6. The lowest BCUT2D eigenvalue weighted by Gasteiger charge is -2.10. The van der Waals surface area contributed by atoms with Crippen molar-refractivity contribution >= 4 is 22.5 Å². The SMILES string of the molecule is Cc1noc(-c2ccccc2NC(=O)c2cccc3cccnc23)n1. The average molecular weight is 330 g/mol. The second-order valence-electron chi connectivity index (χ2n) is 5.53. The van der Waals surface area contributed by atoms with Gasteiger partial charge in [0.25, 0.3) is 11.8 Å². The maximum Gasteiger partial charge on any atom is 0.260 e. The Morgan fingerprint density at radius 2 is 1.88 bits per heavy atom. The number of nitrogens with zero attached hydrogens (tertiary/aromatic N) is 3. The molecule has 4 rings (SSSR count). The van der Waals surface area contributed by atoms with Gasteiger partial charge in [0.15, 0.2) is 5.82 Å². The van der Waals surface area contributed by atoms with Crippen LogP contribution in [0.15, 0.2) is 65.3 Å². The van der Waals surface area contributed by atoms with Crippen LogP contribution < -0.4 is 5.32 Å². The first-order valence-corrected chi connectivity index (χ1v) is 7.77. The Labute approximate surface area is 143 Å². The molecule has 0 saturated heterocycles. The number of rotatable bonds is 3. The zero-order valence-corrected chi connectivity index (χ0v) is 13.4. The Bertz CT molecular complexity index is 1070. The van der Waals surface area contributed by atoms with Crippen LogP contribution >= 0.6 is 0 Å². The van der Waals surface area contributed by atoms with Gasteiger partial charge in [-0.1, -0.05) is 35.5 Å². The summed E-state index contributed by atoms with van der Waals surface area (Å²) in [5, 5.41) is 7.64. The molecule has 1 amide bonds. The Balaban J connectivity index is 1.72. The van der Waals surface area contributed by atoms with Crippen LogP contribution in [-0.4, -0.2) is 21.0 Å². The number of amides is 1. The third kappa shape index (κ3) is 2.85. The van der Waals surface area contributed by atoms with Crippen molar-refractivity contribution in [2.45, 2.75) is 6.92 Å². The summed E-state index contributed by atoms with van der Waals surface area (Å²) in [4.78, 5) is 21.4. The monoisotopic (exact) mass is 330 g/mol. The highest BCUT2D eigenvalue weighted by atomic mass is 16.5. The van der Waals surface area contributed by atoms with Crippen molar-refractivity contribution < 1.29 is 9.32 Å². The van der Waals surface area contributed by atoms with Crippen molar-refractivity contribution in [1.29, 1.82) is 0 Å². The molecule has 0 fully saturated rings. The summed E-state index contributed by atoms with van der Waals surface area (Å²) >= 11 is 0. The van der Waals surface area contributed by atoms with Gasteiger partial charge in [-0.05, 0) is 31.2 Å². The predicted octanol–water partition coefficient (Wildman–Crippen LogP) is 3.85. The van der Waals surface area contributed by atoms with Crippen molar-refractivity contribution in [2.75, 3.05) is 5.32 Å². The first-order chi connectivity index (χ1) is 12.2. The smallest absolute Gasteiger partial charge is 0.260 e. The number of anilines is 1. The van der Waals surface area contributed by atoms with Gasteiger partial charge in [0.1, 0.15) is 0 Å². The zero-order chi connectivity index (χ0) is 17.2. The molecule has 122 valence electrons. The van der Waals surface area contributed by atoms with Crippen LogP contribution in [0.3, 0.4) is 0 Å². The van der Waals surface area contributed by atoms with Gasteiger partial charge in [0, 0.05) is 11.6 Å². The standard InChI is InChI=1S/C19H14N4O2/c1-12-21-19(25-23-12)14-8-2-3-10-16(14)22-18(24)15-9-4-6-13-7-5-11-20-17(13)15/h2-11H,1H3,(H,22,24). The van der Waals surface area contributed by atoms with Gasteiger partial charge >= 0.3 is 0 Å². The molecule has 0 unspecified atom stereocenters. The molecule has 0 spiro atoms. The van der Waals surface area contributed by atoms with E-state index in [0.717, 1.165) is 5.39 Å². The van der Waals surface area contributed by atoms with Gasteiger partial charge in [-0.2, -0.15) is 4.98 Å². The number of aromatic nitrogens is 3. The van der Waals surface area contributed by atoms with Gasteiger partial charge in [0.05, 0.1) is 22.3 Å². The number of hydrogen-bond donors (Lipinski definition) is 1. The molecule has 0 aliphatic heterocycles. The Morgan fingerprint density at radius 3 is 2.72 bits per heavy atom. The predicted molar refractivity (Wildman–Crippen MR) is 94.2 cm³/mol. The quantitative estimate of drug-likeness (QED) is 0.617. The van der Waals surface area contributed by atoms with Crippen LogP contribution in [-0.2, 0) is 0 Å². The number of nitrogens with one attached hydrogen (secondary N) is 1. The maximum atomic E-state index is 12.8. The van der Waals surface area contributed by atoms with Gasteiger partial charge in [-0.3, -0.25) is 9.78 Å². The Morgan fingerprint density at radius 1 is 1.04 bits per heavy atom. The minimum atomic E-state index is -0.243. The molecule has 4 aromatic rings. The van der Waals surface area contributed by atoms with Crippen LogP contribution in [0.1, 0.15) is 16.2 Å². The van der Waals surface area contributed by atoms with Gasteiger partial charge in [-0.25, -0.2) is 0 Å². The zero-order valence-electron chi connectivity index (χ0n) is 13.4. The van der Waals surface area contributed by atoms with Crippen LogP contribution in [0.25, 0.3) is 22.4 Å². The minimum Gasteiger partial charge on any atom is -0.334 e. The number of carbonyl (C=O) groups excluding carboxylic acids is 1. The summed E-state index contributed by atoms with van der Waals surface area (Å²) in [5.41, 5.74) is 2.44. The lowest BCUT2D eigenvalue weighted by atomic mass is 10.1. The van der Waals surface area contributed by atoms with Crippen molar-refractivity contribution in [3.05, 3.63) is 72.2 Å². The lowest BCUT2D eigenvalue weighted by molar-refractivity contribution is 0.102. The third-order valence-electron chi connectivity index (χ3n) is 3.81. The number of aryl methyl sites for hydroxylation is 1. The molecule has 0 aliphatic rings. The van der Waals surface area contributed by atoms with Crippen LogP contribution in [0.5, 0.6) is 0 Å². The summed E-state index contributed by atoms with van der Waals surface area (Å²) in [5.74, 6) is 0.659. The normalized spacial score (nSPS) is 10.8. The van der Waals surface area contributed by atoms with E-state index < -0.39 is 0 Å². The number of fused-ring (bicyclic) bond motifs is 1. The molecule has 0 bridgehead atoms. The highest BCUT2D eigenvalue weighted by molar-refractivity contribution is 6.12. The van der Waals surface area contributed by atoms with Crippen molar-refractivity contribution in [1.82, 2.24) is 15.1 Å². The first-order valence-electron chi connectivity index (χ1n) is 7.77. The van der Waals surface area contributed by atoms with E-state index in [2.05, 4.69) is 20.4 Å². The molecule has 0 radical (unpaired) electrons. The fourth-order valence-corrected chi connectivity index (χ4v) is 2.66. The molecule has 1 N–H and O–H groups in total. The van der Waals surface area contributed by atoms with E-state index in [9.17, 15) is 4.79 Å². The van der Waals surface area contributed by atoms with E-state index in [1.54, 1.807) is 25.3 Å². The van der Waals surface area contributed by atoms with Gasteiger partial charge in [0.2, 0.25) is 0 Å². The highest BCUT2D eigenvalue weighted by Crippen LogP contribution is 2.27. The molecule has 2 aromatic heterocycles. The average Bonchev–Trinajstić information content (AvgIpc) is 3.08. The molecule has 0 aliphatic carbocycles. The molecule has 6 nitrogen and oxygen atoms in total. The topological polar surface area (TPSA) is 80.9 Å². The fraction of sp³-hybridized carbons (Fsp3) is 0.0526. The molecule has 0 atom stereocenters. The highest BCUT2D eigenvalue weighted by Gasteiger charge is 2.16. The van der Waals surface area contributed by atoms with E-state index in [1.165, 1.54) is 0 Å². The number of hydrogen-bond acceptors (Lipinski definition) is 5.